The second-order valence-electron chi connectivity index (χ2n) is 14.6. The Morgan fingerprint density at radius 3 is 2.40 bits per heavy atom. The molecule has 5 aromatic carbocycles. The van der Waals surface area contributed by atoms with Crippen LogP contribution in [0.15, 0.2) is 110 Å². The van der Waals surface area contributed by atoms with Gasteiger partial charge in [-0.25, -0.2) is 9.78 Å². The minimum absolute atomic E-state index is 0.0111. The monoisotopic (exact) mass is 847 g/mol. The Labute approximate surface area is 354 Å². The van der Waals surface area contributed by atoms with Gasteiger partial charge in [-0.1, -0.05) is 35.9 Å². The number of phenols is 2. The number of aromatic hydroxyl groups is 2. The van der Waals surface area contributed by atoms with Gasteiger partial charge in [0, 0.05) is 51.1 Å². The second kappa shape index (κ2) is 15.7. The van der Waals surface area contributed by atoms with Gasteiger partial charge in [0.15, 0.2) is 22.2 Å². The molecule has 0 saturated carbocycles. The Morgan fingerprint density at radius 2 is 1.70 bits per heavy atom. The van der Waals surface area contributed by atoms with Crippen molar-refractivity contribution in [1.29, 1.82) is 0 Å². The van der Waals surface area contributed by atoms with Gasteiger partial charge < -0.3 is 49.3 Å². The molecule has 3 aliphatic heterocycles. The Balaban J connectivity index is 0.817. The number of nitrogens with zero attached hydrogens (tertiary/aromatic N) is 3. The molecule has 1 spiro atoms. The highest BCUT2D eigenvalue weighted by molar-refractivity contribution is 7.80. The summed E-state index contributed by atoms with van der Waals surface area (Å²) in [4.78, 5) is 17.6. The number of methoxy groups -OCH3 is 1. The molecular formula is C44H38ClN5O9S. The molecule has 60 heavy (non-hydrogen) atoms. The third kappa shape index (κ3) is 7.08. The molecule has 0 amide bonds. The normalized spacial score (nSPS) is 18.7. The molecule has 9 rings (SSSR count). The van der Waals surface area contributed by atoms with Crippen LogP contribution in [0.5, 0.6) is 34.5 Å². The fraction of sp³-hybridized carbons (Fsp3) is 0.227. The number of aromatic nitrogens is 3. The highest BCUT2D eigenvalue weighted by atomic mass is 35.5. The predicted octanol–water partition coefficient (Wildman–Crippen LogP) is 7.38. The van der Waals surface area contributed by atoms with Gasteiger partial charge in [-0.15, -0.1) is 0 Å². The summed E-state index contributed by atoms with van der Waals surface area (Å²) in [6.45, 7) is 2.49. The van der Waals surface area contributed by atoms with Crippen molar-refractivity contribution in [1.82, 2.24) is 20.1 Å². The highest BCUT2D eigenvalue weighted by Crippen LogP contribution is 2.57. The van der Waals surface area contributed by atoms with Crippen molar-refractivity contribution in [2.24, 2.45) is 0 Å². The zero-order chi connectivity index (χ0) is 41.6. The van der Waals surface area contributed by atoms with Crippen LogP contribution in [-0.2, 0) is 32.1 Å². The molecule has 1 fully saturated rings. The largest absolute Gasteiger partial charge is 0.508 e. The van der Waals surface area contributed by atoms with Crippen LogP contribution in [0.25, 0.3) is 0 Å². The number of hydrogen-bond donors (Lipinski definition) is 4. The van der Waals surface area contributed by atoms with Crippen molar-refractivity contribution in [2.45, 2.75) is 43.4 Å². The summed E-state index contributed by atoms with van der Waals surface area (Å²) in [5, 5.41) is 32.2. The third-order valence-corrected chi connectivity index (χ3v) is 11.1. The maximum absolute atomic E-state index is 13.5. The lowest BCUT2D eigenvalue weighted by Crippen LogP contribution is -2.38. The standard InChI is InChI=1S/C44H38ClN5O9S/c1-25(3-4-26-5-16-37(40(17-26)54-2)55-21-32-22-56-44(58-32,50-24-46-23-47-50)27-6-8-28(45)9-7-27)48-42(60)49-29-10-13-34-33(18-29)41(53)59-43(34)35-14-11-30(51)19-38(35)57-39-20-31(52)12-15-36(39)43/h5-20,23-25,32,51-52H,3-4,21-22H2,1-2H3,(H2,48,49,60). The first-order chi connectivity index (χ1) is 29.0. The van der Waals surface area contributed by atoms with E-state index in [1.54, 1.807) is 37.4 Å². The van der Waals surface area contributed by atoms with Gasteiger partial charge in [0.05, 0.1) is 19.3 Å². The van der Waals surface area contributed by atoms with E-state index in [1.807, 2.05) is 49.4 Å². The van der Waals surface area contributed by atoms with E-state index >= 15 is 0 Å². The zero-order valence-corrected chi connectivity index (χ0v) is 33.8. The molecule has 6 aromatic rings. The lowest BCUT2D eigenvalue weighted by atomic mass is 9.77. The van der Waals surface area contributed by atoms with Gasteiger partial charge in [-0.05, 0) is 98.2 Å². The SMILES string of the molecule is COc1cc(CCC(C)NC(=S)Nc2ccc3c(c2)C(=O)OC32c3ccc(O)cc3Oc3cc(O)ccc32)ccc1OCC1COC(c2ccc(Cl)cc2)(n2cncn2)O1. The van der Waals surface area contributed by atoms with Crippen LogP contribution in [0.4, 0.5) is 5.69 Å². The number of nitrogens with one attached hydrogen (secondary N) is 2. The second-order valence-corrected chi connectivity index (χ2v) is 15.5. The molecule has 0 bridgehead atoms. The van der Waals surface area contributed by atoms with E-state index in [4.69, 9.17) is 52.2 Å². The van der Waals surface area contributed by atoms with Crippen LogP contribution < -0.4 is 24.8 Å². The van der Waals surface area contributed by atoms with Gasteiger partial charge >= 0.3 is 11.9 Å². The average molecular weight is 848 g/mol. The summed E-state index contributed by atoms with van der Waals surface area (Å²) < 4.78 is 38.3. The van der Waals surface area contributed by atoms with Gasteiger partial charge in [0.1, 0.15) is 48.4 Å². The molecule has 3 unspecified atom stereocenters. The van der Waals surface area contributed by atoms with Crippen LogP contribution in [0.1, 0.15) is 51.5 Å². The van der Waals surface area contributed by atoms with E-state index in [0.29, 0.717) is 66.6 Å². The van der Waals surface area contributed by atoms with Crippen LogP contribution in [0, 0.1) is 0 Å². The minimum Gasteiger partial charge on any atom is -0.508 e. The Morgan fingerprint density at radius 1 is 0.967 bits per heavy atom. The minimum atomic E-state index is -1.35. The summed E-state index contributed by atoms with van der Waals surface area (Å²) in [6, 6.07) is 27.6. The molecule has 4 heterocycles. The van der Waals surface area contributed by atoms with E-state index in [-0.39, 0.29) is 30.8 Å². The lowest BCUT2D eigenvalue weighted by Gasteiger charge is -2.36. The number of anilines is 1. The van der Waals surface area contributed by atoms with E-state index in [9.17, 15) is 15.0 Å². The maximum atomic E-state index is 13.5. The summed E-state index contributed by atoms with van der Waals surface area (Å²) >= 11 is 11.8. The molecule has 3 aliphatic rings. The Bertz CT molecular complexity index is 2560. The number of fused-ring (bicyclic) bond motifs is 6. The third-order valence-electron chi connectivity index (χ3n) is 10.6. The fourth-order valence-corrected chi connectivity index (χ4v) is 8.25. The molecular weight excluding hydrogens is 810 g/mol. The summed E-state index contributed by atoms with van der Waals surface area (Å²) in [5.41, 5.74) is 3.05. The summed E-state index contributed by atoms with van der Waals surface area (Å²) in [7, 11) is 1.60. The van der Waals surface area contributed by atoms with Crippen LogP contribution in [-0.4, -0.2) is 68.5 Å². The molecule has 3 atom stereocenters. The van der Waals surface area contributed by atoms with Gasteiger partial charge in [0.2, 0.25) is 0 Å². The number of phenolic OH excluding ortho intramolecular Hbond substituents is 2. The number of aryl methyl sites for hydroxylation is 1. The molecule has 0 radical (unpaired) electrons. The number of ether oxygens (including phenoxy) is 6. The van der Waals surface area contributed by atoms with Gasteiger partial charge in [-0.2, -0.15) is 9.78 Å². The van der Waals surface area contributed by atoms with E-state index in [1.165, 1.54) is 41.6 Å². The van der Waals surface area contributed by atoms with Crippen LogP contribution in [0.2, 0.25) is 5.02 Å². The van der Waals surface area contributed by atoms with Crippen LogP contribution >= 0.6 is 23.8 Å². The molecule has 1 saturated heterocycles. The number of rotatable bonds is 11. The molecule has 16 heteroatoms. The van der Waals surface area contributed by atoms with Crippen LogP contribution in [0.3, 0.4) is 0 Å². The fourth-order valence-electron chi connectivity index (χ4n) is 7.81. The molecule has 1 aromatic heterocycles. The number of benzene rings is 5. The van der Waals surface area contributed by atoms with Gasteiger partial charge in [-0.3, -0.25) is 0 Å². The number of thiocarbonyl (C=S) groups is 1. The molecule has 306 valence electrons. The van der Waals surface area contributed by atoms with E-state index < -0.39 is 23.6 Å². The summed E-state index contributed by atoms with van der Waals surface area (Å²) in [6.07, 6.45) is 4.01. The van der Waals surface area contributed by atoms with E-state index in [2.05, 4.69) is 20.7 Å². The van der Waals surface area contributed by atoms with Crippen molar-refractivity contribution >= 4 is 40.6 Å². The number of esters is 1. The van der Waals surface area contributed by atoms with Crippen molar-refractivity contribution in [3.05, 3.63) is 148 Å². The molecule has 4 N–H and O–H groups in total. The first kappa shape index (κ1) is 39.1. The maximum Gasteiger partial charge on any atom is 0.340 e. The first-order valence-electron chi connectivity index (χ1n) is 19.1. The molecule has 14 nitrogen and oxygen atoms in total. The Hall–Kier alpha value is -6.39. The smallest absolute Gasteiger partial charge is 0.340 e. The van der Waals surface area contributed by atoms with Crippen molar-refractivity contribution in [2.75, 3.05) is 25.6 Å². The van der Waals surface area contributed by atoms with E-state index in [0.717, 1.165) is 18.4 Å². The average Bonchev–Trinajstić information content (AvgIpc) is 3.99. The number of hydrogen-bond acceptors (Lipinski definition) is 12. The predicted molar refractivity (Wildman–Crippen MR) is 223 cm³/mol. The van der Waals surface area contributed by atoms with Crippen molar-refractivity contribution in [3.8, 4) is 34.5 Å². The zero-order valence-electron chi connectivity index (χ0n) is 32.3. The number of halogens is 1. The summed E-state index contributed by atoms with van der Waals surface area (Å²) in [5.74, 6) is -0.0918. The lowest BCUT2D eigenvalue weighted by molar-refractivity contribution is -0.208. The number of carbonyl (C=O) groups is 1. The van der Waals surface area contributed by atoms with Crippen molar-refractivity contribution in [3.63, 3.8) is 0 Å². The number of carbonyl (C=O) groups excluding carboxylic acids is 1. The van der Waals surface area contributed by atoms with Gasteiger partial charge in [0.25, 0.3) is 0 Å². The Kier molecular flexibility index (Phi) is 10.2. The first-order valence-corrected chi connectivity index (χ1v) is 19.9. The highest BCUT2D eigenvalue weighted by Gasteiger charge is 2.54. The topological polar surface area (TPSA) is 168 Å². The quantitative estimate of drug-likeness (QED) is 0.0753. The molecule has 0 aliphatic carbocycles. The van der Waals surface area contributed by atoms with Crippen molar-refractivity contribution < 1.29 is 43.4 Å².